The molecule has 3 heteroatoms. The van der Waals surface area contributed by atoms with Crippen molar-refractivity contribution in [3.63, 3.8) is 0 Å². The lowest BCUT2D eigenvalue weighted by atomic mass is 10.00. The summed E-state index contributed by atoms with van der Waals surface area (Å²) in [6.45, 7) is 2.21. The lowest BCUT2D eigenvalue weighted by molar-refractivity contribution is -0.155. The van der Waals surface area contributed by atoms with E-state index in [0.717, 1.165) is 11.1 Å². The van der Waals surface area contributed by atoms with Gasteiger partial charge < -0.3 is 9.47 Å². The molecule has 2 rings (SSSR count). The molecule has 0 spiro atoms. The maximum absolute atomic E-state index is 11.3. The van der Waals surface area contributed by atoms with Gasteiger partial charge in [-0.3, -0.25) is 4.79 Å². The third kappa shape index (κ3) is 4.13. The molecule has 1 atom stereocenters. The van der Waals surface area contributed by atoms with E-state index >= 15 is 0 Å². The number of ether oxygens (including phenoxy) is 2. The minimum Gasteiger partial charge on any atom is -0.346 e. The van der Waals surface area contributed by atoms with Crippen LogP contribution in [0.2, 0.25) is 0 Å². The molecule has 1 aliphatic carbocycles. The number of allylic oxidation sites excluding steroid dienone is 4. The monoisotopic (exact) mass is 296 g/mol. The molecule has 1 aromatic carbocycles. The van der Waals surface area contributed by atoms with Crippen molar-refractivity contribution in [2.75, 3.05) is 13.7 Å². The number of hydrogen-bond donors (Lipinski definition) is 0. The van der Waals surface area contributed by atoms with Crippen molar-refractivity contribution in [3.8, 4) is 0 Å². The van der Waals surface area contributed by atoms with Crippen LogP contribution in [0.5, 0.6) is 0 Å². The lowest BCUT2D eigenvalue weighted by Crippen LogP contribution is -2.36. The van der Waals surface area contributed by atoms with Crippen molar-refractivity contribution in [3.05, 3.63) is 77.9 Å². The van der Waals surface area contributed by atoms with E-state index in [2.05, 4.69) is 0 Å². The molecule has 0 bridgehead atoms. The van der Waals surface area contributed by atoms with E-state index in [0.29, 0.717) is 6.61 Å². The van der Waals surface area contributed by atoms with Crippen molar-refractivity contribution in [2.45, 2.75) is 12.7 Å². The number of hydrogen-bond acceptors (Lipinski definition) is 3. The highest BCUT2D eigenvalue weighted by Crippen LogP contribution is 2.27. The summed E-state index contributed by atoms with van der Waals surface area (Å²) < 4.78 is 11.2. The lowest BCUT2D eigenvalue weighted by Gasteiger charge is -2.31. The Bertz CT molecular complexity index is 623. The van der Waals surface area contributed by atoms with Gasteiger partial charge in [-0.2, -0.15) is 0 Å². The normalized spacial score (nSPS) is 21.7. The first-order valence-electron chi connectivity index (χ1n) is 7.15. The van der Waals surface area contributed by atoms with Gasteiger partial charge in [0.25, 0.3) is 0 Å². The fraction of sp³-hybridized carbons (Fsp3) is 0.211. The van der Waals surface area contributed by atoms with Gasteiger partial charge in [0.15, 0.2) is 5.78 Å². The summed E-state index contributed by atoms with van der Waals surface area (Å²) in [5.74, 6) is -0.989. The van der Waals surface area contributed by atoms with Crippen LogP contribution in [0.3, 0.4) is 0 Å². The summed E-state index contributed by atoms with van der Waals surface area (Å²) in [4.78, 5) is 11.3. The van der Waals surface area contributed by atoms with E-state index in [9.17, 15) is 4.79 Å². The average Bonchev–Trinajstić information content (AvgIpc) is 2.54. The van der Waals surface area contributed by atoms with Crippen molar-refractivity contribution in [2.24, 2.45) is 0 Å². The second kappa shape index (κ2) is 7.69. The molecule has 114 valence electrons. The second-order valence-electron chi connectivity index (χ2n) is 4.94. The van der Waals surface area contributed by atoms with Gasteiger partial charge in [-0.05, 0) is 36.3 Å². The molecule has 0 heterocycles. The Labute approximate surface area is 131 Å². The Hall–Kier alpha value is -2.23. The molecule has 0 fully saturated rings. The van der Waals surface area contributed by atoms with Crippen molar-refractivity contribution < 1.29 is 14.3 Å². The third-order valence-electron chi connectivity index (χ3n) is 3.41. The Morgan fingerprint density at radius 2 is 1.95 bits per heavy atom. The Balaban J connectivity index is 1.88. The van der Waals surface area contributed by atoms with Crippen molar-refractivity contribution in [1.29, 1.82) is 0 Å². The quantitative estimate of drug-likeness (QED) is 0.593. The molecule has 0 saturated carbocycles. The molecule has 1 aliphatic rings. The number of rotatable bonds is 6. The van der Waals surface area contributed by atoms with E-state index < -0.39 is 5.79 Å². The molecule has 3 nitrogen and oxygen atoms in total. The van der Waals surface area contributed by atoms with E-state index in [1.54, 1.807) is 13.2 Å². The van der Waals surface area contributed by atoms with Crippen LogP contribution in [0.15, 0.2) is 72.4 Å². The summed E-state index contributed by atoms with van der Waals surface area (Å²) in [5, 5.41) is 0. The van der Waals surface area contributed by atoms with Crippen LogP contribution in [0.1, 0.15) is 12.5 Å². The topological polar surface area (TPSA) is 35.5 Å². The van der Waals surface area contributed by atoms with Crippen LogP contribution in [-0.4, -0.2) is 25.3 Å². The smallest absolute Gasteiger partial charge is 0.211 e. The van der Waals surface area contributed by atoms with Gasteiger partial charge in [0.1, 0.15) is 0 Å². The van der Waals surface area contributed by atoms with Crippen LogP contribution < -0.4 is 0 Å². The zero-order chi connectivity index (χ0) is 15.8. The van der Waals surface area contributed by atoms with Crippen LogP contribution in [0, 0.1) is 0 Å². The second-order valence-corrected chi connectivity index (χ2v) is 4.94. The fourth-order valence-corrected chi connectivity index (χ4v) is 2.17. The molecular formula is C19H20O3. The molecule has 1 unspecified atom stereocenters. The number of carbonyl (C=O) groups excluding carboxylic acids is 1. The predicted octanol–water partition coefficient (Wildman–Crippen LogP) is 3.70. The number of benzene rings is 1. The largest absolute Gasteiger partial charge is 0.346 e. The number of carbonyl (C=O) groups is 1. The third-order valence-corrected chi connectivity index (χ3v) is 3.41. The summed E-state index contributed by atoms with van der Waals surface area (Å²) in [6, 6.07) is 10.1. The maximum atomic E-state index is 11.3. The fourth-order valence-electron chi connectivity index (χ4n) is 2.17. The first-order valence-corrected chi connectivity index (χ1v) is 7.15. The minimum absolute atomic E-state index is 0.0462. The summed E-state index contributed by atoms with van der Waals surface area (Å²) >= 11 is 0. The SMILES string of the molecule is COC1(OC/C=C/C=C/c2ccccc2)C=CC(=O)C=C1C. The highest BCUT2D eigenvalue weighted by atomic mass is 16.7. The summed E-state index contributed by atoms with van der Waals surface area (Å²) in [6.07, 6.45) is 12.5. The predicted molar refractivity (Wildman–Crippen MR) is 88.2 cm³/mol. The van der Waals surface area contributed by atoms with E-state index in [4.69, 9.17) is 9.47 Å². The van der Waals surface area contributed by atoms with Gasteiger partial charge in [0.2, 0.25) is 5.79 Å². The van der Waals surface area contributed by atoms with Gasteiger partial charge in [0.05, 0.1) is 6.61 Å². The van der Waals surface area contributed by atoms with Crippen LogP contribution in [-0.2, 0) is 14.3 Å². The summed E-state index contributed by atoms with van der Waals surface area (Å²) in [7, 11) is 1.57. The minimum atomic E-state index is -0.943. The van der Waals surface area contributed by atoms with Gasteiger partial charge in [-0.15, -0.1) is 0 Å². The highest BCUT2D eigenvalue weighted by molar-refractivity contribution is 6.01. The van der Waals surface area contributed by atoms with Gasteiger partial charge in [-0.1, -0.05) is 54.6 Å². The van der Waals surface area contributed by atoms with E-state index in [1.807, 2.05) is 61.6 Å². The van der Waals surface area contributed by atoms with Gasteiger partial charge >= 0.3 is 0 Å². The molecule has 0 aromatic heterocycles. The Morgan fingerprint density at radius 1 is 1.18 bits per heavy atom. The molecule has 0 radical (unpaired) electrons. The molecule has 0 aliphatic heterocycles. The maximum Gasteiger partial charge on any atom is 0.211 e. The molecule has 0 saturated heterocycles. The van der Waals surface area contributed by atoms with Crippen molar-refractivity contribution >= 4 is 11.9 Å². The van der Waals surface area contributed by atoms with Gasteiger partial charge in [0, 0.05) is 7.11 Å². The number of methoxy groups -OCH3 is 1. The van der Waals surface area contributed by atoms with Crippen LogP contribution in [0.4, 0.5) is 0 Å². The average molecular weight is 296 g/mol. The Morgan fingerprint density at radius 3 is 2.64 bits per heavy atom. The first-order chi connectivity index (χ1) is 10.7. The number of ketones is 1. The zero-order valence-corrected chi connectivity index (χ0v) is 12.9. The van der Waals surface area contributed by atoms with Crippen molar-refractivity contribution in [1.82, 2.24) is 0 Å². The van der Waals surface area contributed by atoms with Crippen LogP contribution >= 0.6 is 0 Å². The summed E-state index contributed by atoms with van der Waals surface area (Å²) in [5.41, 5.74) is 1.89. The van der Waals surface area contributed by atoms with E-state index in [1.165, 1.54) is 12.2 Å². The first kappa shape index (κ1) is 16.1. The standard InChI is InChI=1S/C19H20O3/c1-16-15-18(20)12-13-19(16,21-2)22-14-8-4-7-11-17-9-5-3-6-10-17/h3-13,15H,14H2,1-2H3/b8-4+,11-7+. The zero-order valence-electron chi connectivity index (χ0n) is 12.9. The molecule has 22 heavy (non-hydrogen) atoms. The molecular weight excluding hydrogens is 276 g/mol. The van der Waals surface area contributed by atoms with Gasteiger partial charge in [-0.25, -0.2) is 0 Å². The molecule has 1 aromatic rings. The van der Waals surface area contributed by atoms with Crippen LogP contribution in [0.25, 0.3) is 6.08 Å². The van der Waals surface area contributed by atoms with E-state index in [-0.39, 0.29) is 5.78 Å². The molecule has 0 amide bonds. The Kier molecular flexibility index (Phi) is 5.64. The molecule has 0 N–H and O–H groups in total. The highest BCUT2D eigenvalue weighted by Gasteiger charge is 2.32.